The Balaban J connectivity index is 2.20. The average Bonchev–Trinajstić information content (AvgIpc) is 2.49. The molecular weight excluding hydrogens is 172 g/mol. The van der Waals surface area contributed by atoms with E-state index < -0.39 is 0 Å². The summed E-state index contributed by atoms with van der Waals surface area (Å²) in [5, 5.41) is 0. The first kappa shape index (κ1) is 7.73. The predicted octanol–water partition coefficient (Wildman–Crippen LogP) is 1.05. The van der Waals surface area contributed by atoms with Crippen molar-refractivity contribution in [1.29, 1.82) is 0 Å². The Morgan fingerprint density at radius 1 is 1.75 bits per heavy atom. The number of nitrogens with zero attached hydrogens (tertiary/aromatic N) is 2. The number of aromatic nitrogens is 1. The summed E-state index contributed by atoms with van der Waals surface area (Å²) in [5.41, 5.74) is 3.03. The molecule has 0 N–H and O–H groups in total. The highest BCUT2D eigenvalue weighted by atomic mass is 32.1. The number of carbonyl (C=O) groups excluding carboxylic acids is 1. The third-order valence-corrected chi connectivity index (χ3v) is 2.98. The lowest BCUT2D eigenvalue weighted by Crippen LogP contribution is -2.33. The van der Waals surface area contributed by atoms with Crippen molar-refractivity contribution in [2.45, 2.75) is 19.9 Å². The van der Waals surface area contributed by atoms with Gasteiger partial charge >= 0.3 is 0 Å². The summed E-state index contributed by atoms with van der Waals surface area (Å²) in [6.45, 7) is 3.20. The van der Waals surface area contributed by atoms with Gasteiger partial charge in [0.05, 0.1) is 17.7 Å². The van der Waals surface area contributed by atoms with Crippen LogP contribution in [-0.4, -0.2) is 22.3 Å². The summed E-state index contributed by atoms with van der Waals surface area (Å²) in [6.07, 6.45) is 0.915. The summed E-state index contributed by atoms with van der Waals surface area (Å²) in [7, 11) is 0. The molecule has 2 rings (SSSR count). The van der Waals surface area contributed by atoms with Crippen molar-refractivity contribution in [2.24, 2.45) is 0 Å². The standard InChI is InChI=1S/C8H10N2OS/c1-6(11)10-3-2-7-8(4-10)12-5-9-7/h5H,2-4H2,1H3. The summed E-state index contributed by atoms with van der Waals surface area (Å²) >= 11 is 1.64. The van der Waals surface area contributed by atoms with Crippen molar-refractivity contribution in [1.82, 2.24) is 9.88 Å². The van der Waals surface area contributed by atoms with Crippen molar-refractivity contribution in [3.8, 4) is 0 Å². The summed E-state index contributed by atoms with van der Waals surface area (Å²) in [5.74, 6) is 0.161. The largest absolute Gasteiger partial charge is 0.337 e. The molecule has 0 aliphatic carbocycles. The van der Waals surface area contributed by atoms with E-state index in [0.29, 0.717) is 0 Å². The summed E-state index contributed by atoms with van der Waals surface area (Å²) in [6, 6.07) is 0. The van der Waals surface area contributed by atoms with Crippen molar-refractivity contribution >= 4 is 17.2 Å². The molecule has 4 heteroatoms. The lowest BCUT2D eigenvalue weighted by molar-refractivity contribution is -0.129. The Kier molecular flexibility index (Phi) is 1.84. The molecule has 0 saturated carbocycles. The number of thiazole rings is 1. The molecular formula is C8H10N2OS. The van der Waals surface area contributed by atoms with Crippen molar-refractivity contribution in [3.63, 3.8) is 0 Å². The minimum absolute atomic E-state index is 0.161. The van der Waals surface area contributed by atoms with Crippen molar-refractivity contribution in [2.75, 3.05) is 6.54 Å². The van der Waals surface area contributed by atoms with Crippen LogP contribution in [0.15, 0.2) is 5.51 Å². The summed E-state index contributed by atoms with van der Waals surface area (Å²) < 4.78 is 0. The topological polar surface area (TPSA) is 33.2 Å². The van der Waals surface area contributed by atoms with Crippen LogP contribution in [0.25, 0.3) is 0 Å². The van der Waals surface area contributed by atoms with E-state index >= 15 is 0 Å². The number of rotatable bonds is 0. The molecule has 0 spiro atoms. The van der Waals surface area contributed by atoms with Crippen LogP contribution < -0.4 is 0 Å². The number of hydrogen-bond donors (Lipinski definition) is 0. The van der Waals surface area contributed by atoms with Crippen LogP contribution in [0.3, 0.4) is 0 Å². The van der Waals surface area contributed by atoms with Gasteiger partial charge in [-0.2, -0.15) is 0 Å². The molecule has 0 radical (unpaired) electrons. The second-order valence-electron chi connectivity index (χ2n) is 2.91. The average molecular weight is 182 g/mol. The molecule has 0 unspecified atom stereocenters. The third kappa shape index (κ3) is 1.22. The van der Waals surface area contributed by atoms with Gasteiger partial charge in [0.1, 0.15) is 0 Å². The van der Waals surface area contributed by atoms with Crippen LogP contribution in [0.5, 0.6) is 0 Å². The van der Waals surface area contributed by atoms with Crippen LogP contribution in [-0.2, 0) is 17.8 Å². The molecule has 0 fully saturated rings. The molecule has 1 aromatic heterocycles. The van der Waals surface area contributed by atoms with Crippen LogP contribution in [0.1, 0.15) is 17.5 Å². The highest BCUT2D eigenvalue weighted by molar-refractivity contribution is 7.09. The molecule has 1 aliphatic heterocycles. The Bertz CT molecular complexity index is 308. The van der Waals surface area contributed by atoms with Crippen molar-refractivity contribution in [3.05, 3.63) is 16.1 Å². The molecule has 1 amide bonds. The fourth-order valence-electron chi connectivity index (χ4n) is 1.39. The van der Waals surface area contributed by atoms with Crippen LogP contribution >= 0.6 is 11.3 Å². The van der Waals surface area contributed by atoms with Gasteiger partial charge < -0.3 is 4.90 Å². The molecule has 0 saturated heterocycles. The zero-order chi connectivity index (χ0) is 8.55. The second kappa shape index (κ2) is 2.86. The normalized spacial score (nSPS) is 15.9. The van der Waals surface area contributed by atoms with E-state index in [1.54, 1.807) is 18.3 Å². The molecule has 0 atom stereocenters. The SMILES string of the molecule is CC(=O)N1CCc2ncsc2C1. The van der Waals surface area contributed by atoms with E-state index in [0.717, 1.165) is 19.5 Å². The third-order valence-electron chi connectivity index (χ3n) is 2.12. The van der Waals surface area contributed by atoms with Crippen molar-refractivity contribution < 1.29 is 4.79 Å². The maximum Gasteiger partial charge on any atom is 0.219 e. The lowest BCUT2D eigenvalue weighted by atomic mass is 10.2. The highest BCUT2D eigenvalue weighted by Gasteiger charge is 2.19. The molecule has 2 heterocycles. The minimum atomic E-state index is 0.161. The first-order chi connectivity index (χ1) is 5.77. The molecule has 0 aromatic carbocycles. The van der Waals surface area contributed by atoms with Crippen LogP contribution in [0, 0.1) is 0 Å². The Morgan fingerprint density at radius 3 is 3.33 bits per heavy atom. The Morgan fingerprint density at radius 2 is 2.58 bits per heavy atom. The van der Waals surface area contributed by atoms with E-state index in [4.69, 9.17) is 0 Å². The quantitative estimate of drug-likeness (QED) is 0.601. The molecule has 64 valence electrons. The Labute approximate surface area is 75.0 Å². The van der Waals surface area contributed by atoms with Gasteiger partial charge in [0.15, 0.2) is 0 Å². The Hall–Kier alpha value is -0.900. The fraction of sp³-hybridized carbons (Fsp3) is 0.500. The highest BCUT2D eigenvalue weighted by Crippen LogP contribution is 2.21. The number of amides is 1. The fourth-order valence-corrected chi connectivity index (χ4v) is 2.22. The maximum absolute atomic E-state index is 11.0. The second-order valence-corrected chi connectivity index (χ2v) is 3.85. The van der Waals surface area contributed by atoms with Gasteiger partial charge in [-0.05, 0) is 0 Å². The van der Waals surface area contributed by atoms with Gasteiger partial charge in [0.2, 0.25) is 5.91 Å². The lowest BCUT2D eigenvalue weighted by Gasteiger charge is -2.24. The number of carbonyl (C=O) groups is 1. The van der Waals surface area contributed by atoms with Gasteiger partial charge in [-0.3, -0.25) is 4.79 Å². The number of fused-ring (bicyclic) bond motifs is 1. The van der Waals surface area contributed by atoms with Crippen LogP contribution in [0.2, 0.25) is 0 Å². The molecule has 3 nitrogen and oxygen atoms in total. The predicted molar refractivity (Wildman–Crippen MR) is 46.9 cm³/mol. The first-order valence-electron chi connectivity index (χ1n) is 3.94. The van der Waals surface area contributed by atoms with Gasteiger partial charge in [-0.1, -0.05) is 0 Å². The first-order valence-corrected chi connectivity index (χ1v) is 4.82. The zero-order valence-corrected chi connectivity index (χ0v) is 7.73. The number of hydrogen-bond acceptors (Lipinski definition) is 3. The van der Waals surface area contributed by atoms with Crippen LogP contribution in [0.4, 0.5) is 0 Å². The minimum Gasteiger partial charge on any atom is -0.337 e. The van der Waals surface area contributed by atoms with E-state index in [1.807, 2.05) is 10.4 Å². The van der Waals surface area contributed by atoms with E-state index in [2.05, 4.69) is 4.98 Å². The summed E-state index contributed by atoms with van der Waals surface area (Å²) in [4.78, 5) is 18.4. The molecule has 0 bridgehead atoms. The molecule has 12 heavy (non-hydrogen) atoms. The maximum atomic E-state index is 11.0. The zero-order valence-electron chi connectivity index (χ0n) is 6.91. The molecule has 1 aliphatic rings. The van der Waals surface area contributed by atoms with Gasteiger partial charge in [0.25, 0.3) is 0 Å². The van der Waals surface area contributed by atoms with E-state index in [1.165, 1.54) is 10.6 Å². The van der Waals surface area contributed by atoms with E-state index in [-0.39, 0.29) is 5.91 Å². The molecule has 1 aromatic rings. The van der Waals surface area contributed by atoms with E-state index in [9.17, 15) is 4.79 Å². The van der Waals surface area contributed by atoms with Gasteiger partial charge in [-0.15, -0.1) is 11.3 Å². The smallest absolute Gasteiger partial charge is 0.219 e. The van der Waals surface area contributed by atoms with Gasteiger partial charge in [0, 0.05) is 24.8 Å². The van der Waals surface area contributed by atoms with Gasteiger partial charge in [-0.25, -0.2) is 4.98 Å². The monoisotopic (exact) mass is 182 g/mol.